The molecule has 0 heterocycles. The quantitative estimate of drug-likeness (QED) is 0.659. The fraction of sp³-hybridized carbons (Fsp3) is 0. The number of rotatable bonds is 2. The number of hydrogen-bond donors (Lipinski definition) is 1. The minimum atomic E-state index is 0.749. The first kappa shape index (κ1) is 11.1. The third-order valence-electron chi connectivity index (χ3n) is 2.91. The Labute approximate surface area is 111 Å². The lowest BCUT2D eigenvalue weighted by atomic mass is 10.1. The maximum Gasteiger partial charge on any atom is 0.0463 e. The first-order chi connectivity index (χ1) is 8.83. The second kappa shape index (κ2) is 4.71. The molecule has 3 aromatic rings. The lowest BCUT2D eigenvalue weighted by Crippen LogP contribution is -1.90. The highest BCUT2D eigenvalue weighted by molar-refractivity contribution is 6.30. The topological polar surface area (TPSA) is 12.0 Å². The molecular formula is C16H12ClN. The van der Waals surface area contributed by atoms with E-state index in [1.807, 2.05) is 24.3 Å². The van der Waals surface area contributed by atoms with Gasteiger partial charge >= 0.3 is 0 Å². The Balaban J connectivity index is 2.02. The van der Waals surface area contributed by atoms with Gasteiger partial charge in [0.1, 0.15) is 0 Å². The smallest absolute Gasteiger partial charge is 0.0463 e. The summed E-state index contributed by atoms with van der Waals surface area (Å²) < 4.78 is 0. The summed E-state index contributed by atoms with van der Waals surface area (Å²) in [6, 6.07) is 22.3. The number of benzene rings is 3. The van der Waals surface area contributed by atoms with Crippen LogP contribution in [0.5, 0.6) is 0 Å². The summed E-state index contributed by atoms with van der Waals surface area (Å²) in [6.45, 7) is 0. The minimum absolute atomic E-state index is 0.749. The summed E-state index contributed by atoms with van der Waals surface area (Å²) in [5, 5.41) is 6.61. The molecule has 88 valence electrons. The van der Waals surface area contributed by atoms with Crippen molar-refractivity contribution >= 4 is 33.7 Å². The van der Waals surface area contributed by atoms with E-state index in [1.165, 1.54) is 10.8 Å². The highest BCUT2D eigenvalue weighted by Gasteiger charge is 2.00. The van der Waals surface area contributed by atoms with Gasteiger partial charge in [0.15, 0.2) is 0 Å². The Kier molecular flexibility index (Phi) is 2.91. The molecule has 1 N–H and O–H groups in total. The zero-order valence-corrected chi connectivity index (χ0v) is 10.5. The minimum Gasteiger partial charge on any atom is -0.355 e. The molecule has 0 radical (unpaired) electrons. The third-order valence-corrected chi connectivity index (χ3v) is 3.16. The molecule has 3 rings (SSSR count). The predicted molar refractivity (Wildman–Crippen MR) is 78.7 cm³/mol. The fourth-order valence-electron chi connectivity index (χ4n) is 2.02. The van der Waals surface area contributed by atoms with Gasteiger partial charge in [-0.15, -0.1) is 0 Å². The van der Waals surface area contributed by atoms with E-state index in [-0.39, 0.29) is 0 Å². The van der Waals surface area contributed by atoms with Crippen molar-refractivity contribution in [1.29, 1.82) is 0 Å². The van der Waals surface area contributed by atoms with Gasteiger partial charge in [-0.3, -0.25) is 0 Å². The van der Waals surface area contributed by atoms with E-state index in [2.05, 4.69) is 47.8 Å². The molecule has 0 aromatic heterocycles. The molecule has 0 unspecified atom stereocenters. The Bertz CT molecular complexity index is 669. The largest absolute Gasteiger partial charge is 0.355 e. The Hall–Kier alpha value is -1.99. The third kappa shape index (κ3) is 2.18. The van der Waals surface area contributed by atoms with Crippen molar-refractivity contribution < 1.29 is 0 Å². The van der Waals surface area contributed by atoms with Gasteiger partial charge in [0.2, 0.25) is 0 Å². The van der Waals surface area contributed by atoms with Crippen LogP contribution < -0.4 is 5.32 Å². The summed E-state index contributed by atoms with van der Waals surface area (Å²) in [4.78, 5) is 0. The highest BCUT2D eigenvalue weighted by Crippen LogP contribution is 2.26. The normalized spacial score (nSPS) is 10.5. The summed E-state index contributed by atoms with van der Waals surface area (Å²) >= 11 is 5.88. The van der Waals surface area contributed by atoms with Crippen molar-refractivity contribution in [3.8, 4) is 0 Å². The first-order valence-electron chi connectivity index (χ1n) is 5.83. The molecule has 3 aromatic carbocycles. The van der Waals surface area contributed by atoms with E-state index in [0.717, 1.165) is 16.4 Å². The average Bonchev–Trinajstić information content (AvgIpc) is 2.42. The van der Waals surface area contributed by atoms with E-state index >= 15 is 0 Å². The van der Waals surface area contributed by atoms with Gasteiger partial charge < -0.3 is 5.32 Å². The average molecular weight is 254 g/mol. The van der Waals surface area contributed by atoms with Crippen molar-refractivity contribution in [3.63, 3.8) is 0 Å². The highest BCUT2D eigenvalue weighted by atomic mass is 35.5. The van der Waals surface area contributed by atoms with E-state index < -0.39 is 0 Å². The molecule has 0 atom stereocenters. The molecule has 0 saturated carbocycles. The Morgan fingerprint density at radius 3 is 2.28 bits per heavy atom. The molecule has 0 fully saturated rings. The van der Waals surface area contributed by atoms with Crippen LogP contribution in [0.25, 0.3) is 10.8 Å². The molecule has 0 spiro atoms. The number of anilines is 2. The van der Waals surface area contributed by atoms with Gasteiger partial charge in [-0.05, 0) is 35.7 Å². The van der Waals surface area contributed by atoms with Gasteiger partial charge in [-0.25, -0.2) is 0 Å². The molecule has 0 aliphatic carbocycles. The maximum absolute atomic E-state index is 5.88. The molecule has 0 aliphatic heterocycles. The van der Waals surface area contributed by atoms with Crippen LogP contribution in [0, 0.1) is 0 Å². The van der Waals surface area contributed by atoms with Gasteiger partial charge in [-0.1, -0.05) is 48.0 Å². The summed E-state index contributed by atoms with van der Waals surface area (Å²) in [7, 11) is 0. The number of hydrogen-bond acceptors (Lipinski definition) is 1. The summed E-state index contributed by atoms with van der Waals surface area (Å²) in [6.07, 6.45) is 0. The second-order valence-corrected chi connectivity index (χ2v) is 4.60. The summed E-state index contributed by atoms with van der Waals surface area (Å²) in [5.41, 5.74) is 2.14. The van der Waals surface area contributed by atoms with E-state index in [0.29, 0.717) is 0 Å². The van der Waals surface area contributed by atoms with Gasteiger partial charge in [0.25, 0.3) is 0 Å². The first-order valence-corrected chi connectivity index (χ1v) is 6.21. The molecule has 0 saturated heterocycles. The molecule has 0 aliphatic rings. The van der Waals surface area contributed by atoms with Crippen LogP contribution in [0.1, 0.15) is 0 Å². The monoisotopic (exact) mass is 253 g/mol. The van der Waals surface area contributed by atoms with Crippen molar-refractivity contribution in [3.05, 3.63) is 71.8 Å². The van der Waals surface area contributed by atoms with Gasteiger partial charge in [0, 0.05) is 21.8 Å². The van der Waals surface area contributed by atoms with Crippen LogP contribution in [0.2, 0.25) is 5.02 Å². The Morgan fingerprint density at radius 2 is 1.44 bits per heavy atom. The van der Waals surface area contributed by atoms with Crippen LogP contribution in [0.15, 0.2) is 66.7 Å². The van der Waals surface area contributed by atoms with Crippen molar-refractivity contribution in [2.45, 2.75) is 0 Å². The van der Waals surface area contributed by atoms with Crippen LogP contribution >= 0.6 is 11.6 Å². The summed E-state index contributed by atoms with van der Waals surface area (Å²) in [5.74, 6) is 0. The molecular weight excluding hydrogens is 242 g/mol. The lowest BCUT2D eigenvalue weighted by Gasteiger charge is -2.09. The van der Waals surface area contributed by atoms with E-state index in [4.69, 9.17) is 11.6 Å². The van der Waals surface area contributed by atoms with Crippen LogP contribution in [0.3, 0.4) is 0 Å². The zero-order valence-electron chi connectivity index (χ0n) is 9.73. The van der Waals surface area contributed by atoms with Crippen molar-refractivity contribution in [1.82, 2.24) is 0 Å². The van der Waals surface area contributed by atoms with Crippen molar-refractivity contribution in [2.24, 2.45) is 0 Å². The second-order valence-electron chi connectivity index (χ2n) is 4.16. The molecule has 18 heavy (non-hydrogen) atoms. The zero-order chi connectivity index (χ0) is 12.4. The van der Waals surface area contributed by atoms with Crippen LogP contribution in [0.4, 0.5) is 11.4 Å². The standard InChI is InChI=1S/C16H12ClN/c17-13-8-10-14(11-9-13)18-16-7-3-5-12-4-1-2-6-15(12)16/h1-11,18H. The van der Waals surface area contributed by atoms with Crippen molar-refractivity contribution in [2.75, 3.05) is 5.32 Å². The molecule has 0 bridgehead atoms. The Morgan fingerprint density at radius 1 is 0.722 bits per heavy atom. The van der Waals surface area contributed by atoms with E-state index in [1.54, 1.807) is 0 Å². The molecule has 0 amide bonds. The van der Waals surface area contributed by atoms with E-state index in [9.17, 15) is 0 Å². The van der Waals surface area contributed by atoms with Gasteiger partial charge in [0.05, 0.1) is 0 Å². The maximum atomic E-state index is 5.88. The van der Waals surface area contributed by atoms with Crippen LogP contribution in [-0.2, 0) is 0 Å². The SMILES string of the molecule is Clc1ccc(Nc2cccc3ccccc23)cc1. The lowest BCUT2D eigenvalue weighted by molar-refractivity contribution is 1.58. The molecule has 2 heteroatoms. The van der Waals surface area contributed by atoms with Gasteiger partial charge in [-0.2, -0.15) is 0 Å². The predicted octanol–water partition coefficient (Wildman–Crippen LogP) is 5.24. The number of halogens is 1. The number of nitrogens with one attached hydrogen (secondary N) is 1. The van der Waals surface area contributed by atoms with Crippen LogP contribution in [-0.4, -0.2) is 0 Å². The fourth-order valence-corrected chi connectivity index (χ4v) is 2.15. The number of fused-ring (bicyclic) bond motifs is 1. The molecule has 1 nitrogen and oxygen atoms in total.